The van der Waals surface area contributed by atoms with Gasteiger partial charge in [0.05, 0.1) is 22.6 Å². The smallest absolute Gasteiger partial charge is 0.318 e. The SMILES string of the molecule is CCN(C(=O)NC(C)(C)C)C(C)c1nc2ccccc2c(=O)n1-c1ccc(C)cc1. The molecule has 1 N–H and O–H groups in total. The summed E-state index contributed by atoms with van der Waals surface area (Å²) < 4.78 is 1.62. The van der Waals surface area contributed by atoms with Crippen molar-refractivity contribution in [1.29, 1.82) is 0 Å². The molecule has 1 heterocycles. The molecular formula is C24H30N4O2. The highest BCUT2D eigenvalue weighted by Gasteiger charge is 2.27. The van der Waals surface area contributed by atoms with Crippen molar-refractivity contribution in [3.8, 4) is 5.69 Å². The highest BCUT2D eigenvalue weighted by Crippen LogP contribution is 2.23. The van der Waals surface area contributed by atoms with Crippen molar-refractivity contribution in [2.75, 3.05) is 6.54 Å². The first kappa shape index (κ1) is 21.6. The zero-order chi connectivity index (χ0) is 22.1. The van der Waals surface area contributed by atoms with Gasteiger partial charge >= 0.3 is 6.03 Å². The molecule has 0 aliphatic heterocycles. The number of benzene rings is 2. The van der Waals surface area contributed by atoms with Crippen LogP contribution >= 0.6 is 0 Å². The summed E-state index contributed by atoms with van der Waals surface area (Å²) in [5.74, 6) is 0.536. The average Bonchev–Trinajstić information content (AvgIpc) is 2.68. The Labute approximate surface area is 177 Å². The number of nitrogens with one attached hydrogen (secondary N) is 1. The second-order valence-electron chi connectivity index (χ2n) is 8.61. The summed E-state index contributed by atoms with van der Waals surface area (Å²) in [5.41, 5.74) is 1.96. The number of aromatic nitrogens is 2. The molecular weight excluding hydrogens is 376 g/mol. The van der Waals surface area contributed by atoms with E-state index in [1.807, 2.05) is 84.0 Å². The van der Waals surface area contributed by atoms with Crippen LogP contribution in [-0.2, 0) is 0 Å². The monoisotopic (exact) mass is 406 g/mol. The Balaban J connectivity index is 2.20. The second-order valence-corrected chi connectivity index (χ2v) is 8.61. The third-order valence-corrected chi connectivity index (χ3v) is 5.02. The predicted molar refractivity (Wildman–Crippen MR) is 121 cm³/mol. The third-order valence-electron chi connectivity index (χ3n) is 5.02. The van der Waals surface area contributed by atoms with E-state index >= 15 is 0 Å². The highest BCUT2D eigenvalue weighted by molar-refractivity contribution is 5.78. The molecule has 0 aliphatic carbocycles. The number of hydrogen-bond acceptors (Lipinski definition) is 3. The minimum atomic E-state index is -0.407. The van der Waals surface area contributed by atoms with Crippen LogP contribution in [0.25, 0.3) is 16.6 Å². The first-order valence-corrected chi connectivity index (χ1v) is 10.3. The molecule has 0 spiro atoms. The van der Waals surface area contributed by atoms with E-state index in [-0.39, 0.29) is 17.1 Å². The van der Waals surface area contributed by atoms with Crippen molar-refractivity contribution in [1.82, 2.24) is 19.8 Å². The van der Waals surface area contributed by atoms with Gasteiger partial charge in [0.15, 0.2) is 0 Å². The first-order chi connectivity index (χ1) is 14.1. The molecule has 0 radical (unpaired) electrons. The lowest BCUT2D eigenvalue weighted by Gasteiger charge is -2.32. The Bertz CT molecular complexity index is 1110. The van der Waals surface area contributed by atoms with Gasteiger partial charge < -0.3 is 10.2 Å². The van der Waals surface area contributed by atoms with Crippen LogP contribution in [0.2, 0.25) is 0 Å². The number of carbonyl (C=O) groups excluding carboxylic acids is 1. The summed E-state index contributed by atoms with van der Waals surface area (Å²) in [7, 11) is 0. The van der Waals surface area contributed by atoms with Gasteiger partial charge in [0.2, 0.25) is 0 Å². The number of amides is 2. The summed E-state index contributed by atoms with van der Waals surface area (Å²) in [4.78, 5) is 32.9. The number of para-hydroxylation sites is 1. The predicted octanol–water partition coefficient (Wildman–Crippen LogP) is 4.59. The van der Waals surface area contributed by atoms with Crippen LogP contribution < -0.4 is 10.9 Å². The van der Waals surface area contributed by atoms with Gasteiger partial charge in [-0.1, -0.05) is 29.8 Å². The molecule has 3 aromatic rings. The molecule has 0 fully saturated rings. The van der Waals surface area contributed by atoms with Crippen molar-refractivity contribution < 1.29 is 4.79 Å². The minimum absolute atomic E-state index is 0.140. The number of aryl methyl sites for hydroxylation is 1. The Morgan fingerprint density at radius 2 is 1.77 bits per heavy atom. The molecule has 0 bridgehead atoms. The van der Waals surface area contributed by atoms with Crippen molar-refractivity contribution in [3.05, 3.63) is 70.3 Å². The molecule has 158 valence electrons. The van der Waals surface area contributed by atoms with Crippen molar-refractivity contribution in [2.24, 2.45) is 0 Å². The van der Waals surface area contributed by atoms with Gasteiger partial charge in [-0.05, 0) is 65.8 Å². The molecule has 1 aromatic heterocycles. The number of urea groups is 1. The van der Waals surface area contributed by atoms with Gasteiger partial charge in [-0.3, -0.25) is 9.36 Å². The van der Waals surface area contributed by atoms with E-state index in [0.717, 1.165) is 11.3 Å². The standard InChI is InChI=1S/C24H30N4O2/c1-7-27(23(30)26-24(4,5)6)17(3)21-25-20-11-9-8-10-19(20)22(29)28(21)18-14-12-16(2)13-15-18/h8-15,17H,7H2,1-6H3,(H,26,30). The van der Waals surface area contributed by atoms with E-state index in [2.05, 4.69) is 5.32 Å². The Hall–Kier alpha value is -3.15. The maximum Gasteiger partial charge on any atom is 0.318 e. The van der Waals surface area contributed by atoms with Crippen molar-refractivity contribution in [2.45, 2.75) is 53.1 Å². The van der Waals surface area contributed by atoms with Gasteiger partial charge in [0.1, 0.15) is 5.82 Å². The number of rotatable bonds is 4. The zero-order valence-corrected chi connectivity index (χ0v) is 18.6. The quantitative estimate of drug-likeness (QED) is 0.689. The van der Waals surface area contributed by atoms with E-state index in [4.69, 9.17) is 4.98 Å². The van der Waals surface area contributed by atoms with Crippen molar-refractivity contribution >= 4 is 16.9 Å². The third kappa shape index (κ3) is 4.37. The van der Waals surface area contributed by atoms with Crippen LogP contribution in [0.5, 0.6) is 0 Å². The molecule has 6 nitrogen and oxygen atoms in total. The van der Waals surface area contributed by atoms with E-state index in [0.29, 0.717) is 23.3 Å². The topological polar surface area (TPSA) is 67.2 Å². The lowest BCUT2D eigenvalue weighted by molar-refractivity contribution is 0.171. The van der Waals surface area contributed by atoms with Gasteiger partial charge in [-0.25, -0.2) is 9.78 Å². The summed E-state index contributed by atoms with van der Waals surface area (Å²) in [6.07, 6.45) is 0. The van der Waals surface area contributed by atoms with Crippen LogP contribution in [0.4, 0.5) is 4.79 Å². The normalized spacial score (nSPS) is 12.6. The average molecular weight is 407 g/mol. The van der Waals surface area contributed by atoms with Gasteiger partial charge in [0.25, 0.3) is 5.56 Å². The summed E-state index contributed by atoms with van der Waals surface area (Å²) in [5, 5.41) is 3.56. The Morgan fingerprint density at radius 1 is 1.13 bits per heavy atom. The van der Waals surface area contributed by atoms with Gasteiger partial charge in [0, 0.05) is 12.1 Å². The molecule has 0 saturated carbocycles. The van der Waals surface area contributed by atoms with Crippen LogP contribution in [0.1, 0.15) is 52.0 Å². The molecule has 3 rings (SSSR count). The van der Waals surface area contributed by atoms with Crippen molar-refractivity contribution in [3.63, 3.8) is 0 Å². The Morgan fingerprint density at radius 3 is 2.37 bits per heavy atom. The molecule has 0 saturated heterocycles. The van der Waals surface area contributed by atoms with E-state index < -0.39 is 6.04 Å². The fourth-order valence-corrected chi connectivity index (χ4v) is 3.50. The number of carbonyl (C=O) groups is 1. The van der Waals surface area contributed by atoms with Gasteiger partial charge in [-0.2, -0.15) is 0 Å². The lowest BCUT2D eigenvalue weighted by Crippen LogP contribution is -2.49. The summed E-state index contributed by atoms with van der Waals surface area (Å²) in [6, 6.07) is 14.5. The lowest BCUT2D eigenvalue weighted by atomic mass is 10.1. The van der Waals surface area contributed by atoms with Crippen LogP contribution in [-0.4, -0.2) is 32.6 Å². The second kappa shape index (κ2) is 8.30. The molecule has 1 atom stereocenters. The van der Waals surface area contributed by atoms with Crippen LogP contribution in [0, 0.1) is 6.92 Å². The fourth-order valence-electron chi connectivity index (χ4n) is 3.50. The largest absolute Gasteiger partial charge is 0.333 e. The molecule has 30 heavy (non-hydrogen) atoms. The van der Waals surface area contributed by atoms with E-state index in [1.54, 1.807) is 15.5 Å². The molecule has 2 aromatic carbocycles. The molecule has 1 unspecified atom stereocenters. The zero-order valence-electron chi connectivity index (χ0n) is 18.6. The molecule has 6 heteroatoms. The molecule has 0 aliphatic rings. The highest BCUT2D eigenvalue weighted by atomic mass is 16.2. The number of hydrogen-bond donors (Lipinski definition) is 1. The van der Waals surface area contributed by atoms with Crippen LogP contribution in [0.15, 0.2) is 53.3 Å². The van der Waals surface area contributed by atoms with E-state index in [9.17, 15) is 9.59 Å². The maximum absolute atomic E-state index is 13.5. The summed E-state index contributed by atoms with van der Waals surface area (Å²) in [6.45, 7) is 12.2. The summed E-state index contributed by atoms with van der Waals surface area (Å²) >= 11 is 0. The maximum atomic E-state index is 13.5. The number of fused-ring (bicyclic) bond motifs is 1. The molecule has 2 amide bonds. The number of nitrogens with zero attached hydrogens (tertiary/aromatic N) is 3. The minimum Gasteiger partial charge on any atom is -0.333 e. The first-order valence-electron chi connectivity index (χ1n) is 10.3. The fraction of sp³-hybridized carbons (Fsp3) is 0.375. The Kier molecular flexibility index (Phi) is 5.97. The van der Waals surface area contributed by atoms with Crippen LogP contribution in [0.3, 0.4) is 0 Å². The van der Waals surface area contributed by atoms with E-state index in [1.165, 1.54) is 0 Å². The van der Waals surface area contributed by atoms with Gasteiger partial charge in [-0.15, -0.1) is 0 Å².